The standard InChI is InChI=1S/C15H13Cl2N3O2/c16-10-5-11(17)7-13(6-10)19-8-14(21)20-12-3-1-2-9(4-12)15(18)22/h1-7,19H,8H2,(H2,18,22)(H,20,21). The molecule has 5 nitrogen and oxygen atoms in total. The van der Waals surface area contributed by atoms with Gasteiger partial charge in [-0.2, -0.15) is 0 Å². The lowest BCUT2D eigenvalue weighted by atomic mass is 10.2. The highest BCUT2D eigenvalue weighted by molar-refractivity contribution is 6.35. The van der Waals surface area contributed by atoms with Gasteiger partial charge in [0.25, 0.3) is 0 Å². The van der Waals surface area contributed by atoms with Crippen molar-refractivity contribution in [3.8, 4) is 0 Å². The Balaban J connectivity index is 1.95. The number of nitrogens with one attached hydrogen (secondary N) is 2. The maximum Gasteiger partial charge on any atom is 0.248 e. The first-order valence-corrected chi connectivity index (χ1v) is 7.09. The molecule has 0 radical (unpaired) electrons. The maximum atomic E-state index is 11.9. The first-order chi connectivity index (χ1) is 10.4. The molecule has 4 N–H and O–H groups in total. The van der Waals surface area contributed by atoms with E-state index in [-0.39, 0.29) is 12.5 Å². The monoisotopic (exact) mass is 337 g/mol. The lowest BCUT2D eigenvalue weighted by Gasteiger charge is -2.09. The van der Waals surface area contributed by atoms with Crippen LogP contribution in [0.1, 0.15) is 10.4 Å². The molecule has 2 rings (SSSR count). The second-order valence-corrected chi connectivity index (χ2v) is 5.38. The van der Waals surface area contributed by atoms with Gasteiger partial charge in [0.2, 0.25) is 11.8 Å². The molecule has 2 amide bonds. The lowest BCUT2D eigenvalue weighted by molar-refractivity contribution is -0.114. The third-order valence-corrected chi connectivity index (χ3v) is 3.18. The van der Waals surface area contributed by atoms with Gasteiger partial charge in [-0.15, -0.1) is 0 Å². The Labute approximate surface area is 137 Å². The van der Waals surface area contributed by atoms with Gasteiger partial charge >= 0.3 is 0 Å². The largest absolute Gasteiger partial charge is 0.376 e. The highest BCUT2D eigenvalue weighted by Crippen LogP contribution is 2.22. The van der Waals surface area contributed by atoms with Crippen molar-refractivity contribution in [2.75, 3.05) is 17.2 Å². The van der Waals surface area contributed by atoms with Crippen molar-refractivity contribution in [2.24, 2.45) is 5.73 Å². The zero-order valence-corrected chi connectivity index (χ0v) is 12.9. The zero-order chi connectivity index (χ0) is 16.1. The Bertz CT molecular complexity index is 699. The fourth-order valence-electron chi connectivity index (χ4n) is 1.79. The Morgan fingerprint density at radius 3 is 2.32 bits per heavy atom. The summed E-state index contributed by atoms with van der Waals surface area (Å²) in [5.41, 5.74) is 6.64. The third kappa shape index (κ3) is 4.65. The number of primary amides is 1. The van der Waals surface area contributed by atoms with Gasteiger partial charge in [0, 0.05) is 27.0 Å². The van der Waals surface area contributed by atoms with E-state index in [2.05, 4.69) is 10.6 Å². The number of halogens is 2. The molecule has 0 saturated heterocycles. The Hall–Kier alpha value is -2.24. The van der Waals surface area contributed by atoms with E-state index in [1.807, 2.05) is 0 Å². The molecule has 0 heterocycles. The maximum absolute atomic E-state index is 11.9. The van der Waals surface area contributed by atoms with Crippen LogP contribution in [0.2, 0.25) is 10.0 Å². The number of amides is 2. The average Bonchev–Trinajstić information content (AvgIpc) is 2.44. The van der Waals surface area contributed by atoms with Crippen molar-refractivity contribution in [1.29, 1.82) is 0 Å². The summed E-state index contributed by atoms with van der Waals surface area (Å²) < 4.78 is 0. The predicted molar refractivity (Wildman–Crippen MR) is 88.5 cm³/mol. The van der Waals surface area contributed by atoms with Gasteiger partial charge in [-0.1, -0.05) is 29.3 Å². The van der Waals surface area contributed by atoms with Crippen molar-refractivity contribution in [3.63, 3.8) is 0 Å². The average molecular weight is 338 g/mol. The smallest absolute Gasteiger partial charge is 0.248 e. The van der Waals surface area contributed by atoms with Crippen LogP contribution in [0.15, 0.2) is 42.5 Å². The van der Waals surface area contributed by atoms with Crippen molar-refractivity contribution >= 4 is 46.4 Å². The van der Waals surface area contributed by atoms with E-state index in [1.54, 1.807) is 36.4 Å². The molecule has 2 aromatic carbocycles. The van der Waals surface area contributed by atoms with Gasteiger partial charge < -0.3 is 16.4 Å². The summed E-state index contributed by atoms with van der Waals surface area (Å²) in [5.74, 6) is -0.833. The highest BCUT2D eigenvalue weighted by atomic mass is 35.5. The summed E-state index contributed by atoms with van der Waals surface area (Å²) in [4.78, 5) is 23.0. The van der Waals surface area contributed by atoms with E-state index in [0.717, 1.165) is 0 Å². The molecule has 0 aromatic heterocycles. The predicted octanol–water partition coefficient (Wildman–Crippen LogP) is 3.14. The molecule has 0 spiro atoms. The zero-order valence-electron chi connectivity index (χ0n) is 11.4. The Morgan fingerprint density at radius 2 is 1.68 bits per heavy atom. The number of benzene rings is 2. The summed E-state index contributed by atoms with van der Waals surface area (Å²) >= 11 is 11.7. The molecule has 7 heteroatoms. The normalized spacial score (nSPS) is 10.1. The van der Waals surface area contributed by atoms with Crippen LogP contribution in [-0.2, 0) is 4.79 Å². The number of nitrogens with two attached hydrogens (primary N) is 1. The van der Waals surface area contributed by atoms with Crippen LogP contribution in [0, 0.1) is 0 Å². The van der Waals surface area contributed by atoms with E-state index < -0.39 is 5.91 Å². The molecule has 0 bridgehead atoms. The topological polar surface area (TPSA) is 84.2 Å². The molecule has 0 aliphatic carbocycles. The number of hydrogen-bond donors (Lipinski definition) is 3. The number of hydrogen-bond acceptors (Lipinski definition) is 3. The van der Waals surface area contributed by atoms with Crippen molar-refractivity contribution < 1.29 is 9.59 Å². The van der Waals surface area contributed by atoms with Crippen LogP contribution in [0.3, 0.4) is 0 Å². The van der Waals surface area contributed by atoms with Gasteiger partial charge in [-0.25, -0.2) is 0 Å². The quantitative estimate of drug-likeness (QED) is 0.783. The minimum absolute atomic E-state index is 0.0253. The minimum atomic E-state index is -0.553. The summed E-state index contributed by atoms with van der Waals surface area (Å²) in [6.45, 7) is 0.0253. The van der Waals surface area contributed by atoms with Crippen molar-refractivity contribution in [1.82, 2.24) is 0 Å². The van der Waals surface area contributed by atoms with Gasteiger partial charge in [0.1, 0.15) is 0 Å². The molecule has 0 unspecified atom stereocenters. The van der Waals surface area contributed by atoms with Crippen LogP contribution in [0.25, 0.3) is 0 Å². The fraction of sp³-hybridized carbons (Fsp3) is 0.0667. The molecule has 114 valence electrons. The molecule has 2 aromatic rings. The van der Waals surface area contributed by atoms with Crippen molar-refractivity contribution in [2.45, 2.75) is 0 Å². The molecule has 22 heavy (non-hydrogen) atoms. The third-order valence-electron chi connectivity index (χ3n) is 2.75. The van der Waals surface area contributed by atoms with Gasteiger partial charge in [-0.3, -0.25) is 9.59 Å². The summed E-state index contributed by atoms with van der Waals surface area (Å²) in [6, 6.07) is 11.3. The number of anilines is 2. The molecular formula is C15H13Cl2N3O2. The number of carbonyl (C=O) groups excluding carboxylic acids is 2. The lowest BCUT2D eigenvalue weighted by Crippen LogP contribution is -2.22. The SMILES string of the molecule is NC(=O)c1cccc(NC(=O)CNc2cc(Cl)cc(Cl)c2)c1. The van der Waals surface area contributed by atoms with Gasteiger partial charge in [0.05, 0.1) is 6.54 Å². The highest BCUT2D eigenvalue weighted by Gasteiger charge is 2.06. The van der Waals surface area contributed by atoms with Crippen LogP contribution in [0.4, 0.5) is 11.4 Å². The van der Waals surface area contributed by atoms with Crippen LogP contribution in [-0.4, -0.2) is 18.4 Å². The Kier molecular flexibility index (Phi) is 5.25. The second-order valence-electron chi connectivity index (χ2n) is 4.50. The van der Waals surface area contributed by atoms with Crippen LogP contribution in [0.5, 0.6) is 0 Å². The van der Waals surface area contributed by atoms with Gasteiger partial charge in [0.15, 0.2) is 0 Å². The number of carbonyl (C=O) groups is 2. The van der Waals surface area contributed by atoms with E-state index in [1.165, 1.54) is 6.07 Å². The van der Waals surface area contributed by atoms with E-state index in [9.17, 15) is 9.59 Å². The molecular weight excluding hydrogens is 325 g/mol. The van der Waals surface area contributed by atoms with Crippen molar-refractivity contribution in [3.05, 3.63) is 58.1 Å². The fourth-order valence-corrected chi connectivity index (χ4v) is 2.32. The van der Waals surface area contributed by atoms with E-state index in [4.69, 9.17) is 28.9 Å². The molecule has 0 aliphatic rings. The van der Waals surface area contributed by atoms with E-state index in [0.29, 0.717) is 27.0 Å². The number of rotatable bonds is 5. The van der Waals surface area contributed by atoms with Gasteiger partial charge in [-0.05, 0) is 36.4 Å². The van der Waals surface area contributed by atoms with E-state index >= 15 is 0 Å². The minimum Gasteiger partial charge on any atom is -0.376 e. The molecule has 0 aliphatic heterocycles. The molecule has 0 saturated carbocycles. The van der Waals surface area contributed by atoms with Crippen LogP contribution >= 0.6 is 23.2 Å². The first kappa shape index (κ1) is 16.1. The summed E-state index contributed by atoms with van der Waals surface area (Å²) in [5, 5.41) is 6.53. The summed E-state index contributed by atoms with van der Waals surface area (Å²) in [6.07, 6.45) is 0. The first-order valence-electron chi connectivity index (χ1n) is 6.34. The Morgan fingerprint density at radius 1 is 1.00 bits per heavy atom. The molecule has 0 fully saturated rings. The second kappa shape index (κ2) is 7.15. The summed E-state index contributed by atoms with van der Waals surface area (Å²) in [7, 11) is 0. The molecule has 0 atom stereocenters. The van der Waals surface area contributed by atoms with Crippen LogP contribution < -0.4 is 16.4 Å².